The zero-order valence-electron chi connectivity index (χ0n) is 6.76. The normalized spacial score (nSPS) is 28.5. The number of rotatable bonds is 1. The van der Waals surface area contributed by atoms with E-state index in [1.54, 1.807) is 0 Å². The van der Waals surface area contributed by atoms with Gasteiger partial charge in [-0.3, -0.25) is 0 Å². The van der Waals surface area contributed by atoms with E-state index >= 15 is 0 Å². The summed E-state index contributed by atoms with van der Waals surface area (Å²) in [6.07, 6.45) is 11.3. The maximum Gasteiger partial charge on any atom is -0.0188 e. The minimum Gasteiger partial charge on any atom is -0.0842 e. The van der Waals surface area contributed by atoms with Crippen molar-refractivity contribution in [3.05, 3.63) is 34.0 Å². The fraction of sp³-hybridized carbons (Fsp3) is 0.400. The van der Waals surface area contributed by atoms with Crippen LogP contribution in [0.1, 0.15) is 19.8 Å². The molecule has 0 saturated heterocycles. The summed E-state index contributed by atoms with van der Waals surface area (Å²) in [7, 11) is 0. The van der Waals surface area contributed by atoms with Gasteiger partial charge in [-0.25, -0.2) is 0 Å². The topological polar surface area (TPSA) is 0 Å². The summed E-state index contributed by atoms with van der Waals surface area (Å²) in [5, 5.41) is 0. The molecular formula is C10H13I. The molecule has 0 nitrogen and oxygen atoms in total. The Bertz CT molecular complexity index is 199. The van der Waals surface area contributed by atoms with Gasteiger partial charge in [0.2, 0.25) is 0 Å². The van der Waals surface area contributed by atoms with E-state index in [2.05, 4.69) is 53.8 Å². The quantitative estimate of drug-likeness (QED) is 0.628. The minimum atomic E-state index is 0.743. The molecule has 0 aromatic rings. The van der Waals surface area contributed by atoms with Crippen LogP contribution < -0.4 is 0 Å². The van der Waals surface area contributed by atoms with Crippen molar-refractivity contribution in [1.82, 2.24) is 0 Å². The summed E-state index contributed by atoms with van der Waals surface area (Å²) in [6.45, 7) is 2.29. The standard InChI is InChI=1S/C10H13I/c1-9-5-2-3-6-10(9)7-4-8-11/h3-4,6-9H,2,5H2,1H3/b8-4-,10-7-. The average Bonchev–Trinajstić information content (AvgIpc) is 2.03. The predicted molar refractivity (Wildman–Crippen MR) is 58.8 cm³/mol. The highest BCUT2D eigenvalue weighted by molar-refractivity contribution is 14.1. The summed E-state index contributed by atoms with van der Waals surface area (Å²) in [4.78, 5) is 0. The van der Waals surface area contributed by atoms with Crippen molar-refractivity contribution in [1.29, 1.82) is 0 Å². The molecule has 60 valence electrons. The van der Waals surface area contributed by atoms with Gasteiger partial charge < -0.3 is 0 Å². The molecule has 0 bridgehead atoms. The lowest BCUT2D eigenvalue weighted by Crippen LogP contribution is -2.00. The van der Waals surface area contributed by atoms with Gasteiger partial charge in [-0.1, -0.05) is 53.8 Å². The molecule has 0 heterocycles. The van der Waals surface area contributed by atoms with Gasteiger partial charge in [0.25, 0.3) is 0 Å². The fourth-order valence-electron chi connectivity index (χ4n) is 1.26. The van der Waals surface area contributed by atoms with Gasteiger partial charge in [0, 0.05) is 0 Å². The van der Waals surface area contributed by atoms with Gasteiger partial charge in [0.1, 0.15) is 0 Å². The highest BCUT2D eigenvalue weighted by atomic mass is 127. The van der Waals surface area contributed by atoms with Crippen molar-refractivity contribution in [3.8, 4) is 0 Å². The molecule has 0 spiro atoms. The molecule has 0 aromatic heterocycles. The van der Waals surface area contributed by atoms with Crippen molar-refractivity contribution in [3.63, 3.8) is 0 Å². The molecule has 1 aliphatic rings. The average molecular weight is 260 g/mol. The minimum absolute atomic E-state index is 0.743. The highest BCUT2D eigenvalue weighted by Crippen LogP contribution is 2.23. The fourth-order valence-corrected chi connectivity index (χ4v) is 1.47. The van der Waals surface area contributed by atoms with E-state index in [-0.39, 0.29) is 0 Å². The van der Waals surface area contributed by atoms with Gasteiger partial charge in [0.15, 0.2) is 0 Å². The SMILES string of the molecule is CC1CCC=C/C1=C/C=C\I. The Hall–Kier alpha value is -0.0500. The molecule has 0 N–H and O–H groups in total. The number of allylic oxidation sites excluding steroid dienone is 5. The van der Waals surface area contributed by atoms with Crippen molar-refractivity contribution in [2.75, 3.05) is 0 Å². The Morgan fingerprint density at radius 2 is 2.45 bits per heavy atom. The zero-order valence-corrected chi connectivity index (χ0v) is 8.91. The number of hydrogen-bond donors (Lipinski definition) is 0. The van der Waals surface area contributed by atoms with Gasteiger partial charge in [-0.2, -0.15) is 0 Å². The Morgan fingerprint density at radius 1 is 1.64 bits per heavy atom. The lowest BCUT2D eigenvalue weighted by Gasteiger charge is -2.15. The monoisotopic (exact) mass is 260 g/mol. The molecule has 0 amide bonds. The first kappa shape index (κ1) is 9.04. The second kappa shape index (κ2) is 4.75. The summed E-state index contributed by atoms with van der Waals surface area (Å²) in [5.41, 5.74) is 1.46. The van der Waals surface area contributed by atoms with Crippen LogP contribution in [0.2, 0.25) is 0 Å². The van der Waals surface area contributed by atoms with Crippen LogP contribution in [0.3, 0.4) is 0 Å². The number of halogens is 1. The van der Waals surface area contributed by atoms with Crippen LogP contribution in [-0.4, -0.2) is 0 Å². The molecular weight excluding hydrogens is 247 g/mol. The third-order valence-corrected chi connectivity index (χ3v) is 2.42. The highest BCUT2D eigenvalue weighted by Gasteiger charge is 2.07. The summed E-state index contributed by atoms with van der Waals surface area (Å²) >= 11 is 2.24. The number of hydrogen-bond acceptors (Lipinski definition) is 0. The molecule has 1 aliphatic carbocycles. The maximum atomic E-state index is 2.29. The molecule has 0 fully saturated rings. The van der Waals surface area contributed by atoms with E-state index < -0.39 is 0 Å². The molecule has 0 aliphatic heterocycles. The van der Waals surface area contributed by atoms with Crippen LogP contribution in [0.25, 0.3) is 0 Å². The second-order valence-corrected chi connectivity index (χ2v) is 3.59. The maximum absolute atomic E-state index is 2.29. The summed E-state index contributed by atoms with van der Waals surface area (Å²) in [6, 6.07) is 0. The van der Waals surface area contributed by atoms with Crippen LogP contribution in [0.4, 0.5) is 0 Å². The van der Waals surface area contributed by atoms with Crippen LogP contribution in [0, 0.1) is 5.92 Å². The molecule has 0 radical (unpaired) electrons. The Balaban J connectivity index is 2.68. The summed E-state index contributed by atoms with van der Waals surface area (Å²) < 4.78 is 2.04. The molecule has 1 unspecified atom stereocenters. The largest absolute Gasteiger partial charge is 0.0842 e. The van der Waals surface area contributed by atoms with Gasteiger partial charge in [0.05, 0.1) is 0 Å². The lowest BCUT2D eigenvalue weighted by molar-refractivity contribution is 0.617. The molecule has 0 aromatic carbocycles. The van der Waals surface area contributed by atoms with E-state index in [9.17, 15) is 0 Å². The smallest absolute Gasteiger partial charge is 0.0188 e. The Labute approximate surface area is 82.2 Å². The van der Waals surface area contributed by atoms with Crippen LogP contribution >= 0.6 is 22.6 Å². The van der Waals surface area contributed by atoms with Crippen molar-refractivity contribution < 1.29 is 0 Å². The van der Waals surface area contributed by atoms with Crippen molar-refractivity contribution >= 4 is 22.6 Å². The van der Waals surface area contributed by atoms with Gasteiger partial charge >= 0.3 is 0 Å². The predicted octanol–water partition coefficient (Wildman–Crippen LogP) is 3.85. The van der Waals surface area contributed by atoms with E-state index in [4.69, 9.17) is 0 Å². The second-order valence-electron chi connectivity index (χ2n) is 2.87. The van der Waals surface area contributed by atoms with Gasteiger partial charge in [-0.05, 0) is 28.4 Å². The van der Waals surface area contributed by atoms with Crippen molar-refractivity contribution in [2.24, 2.45) is 5.92 Å². The Kier molecular flexibility index (Phi) is 3.91. The summed E-state index contributed by atoms with van der Waals surface area (Å²) in [5.74, 6) is 0.743. The Morgan fingerprint density at radius 3 is 3.09 bits per heavy atom. The van der Waals surface area contributed by atoms with E-state index in [1.165, 1.54) is 18.4 Å². The third kappa shape index (κ3) is 2.81. The van der Waals surface area contributed by atoms with Gasteiger partial charge in [-0.15, -0.1) is 0 Å². The van der Waals surface area contributed by atoms with E-state index in [0.29, 0.717) is 0 Å². The van der Waals surface area contributed by atoms with Crippen LogP contribution in [-0.2, 0) is 0 Å². The first-order chi connectivity index (χ1) is 5.34. The lowest BCUT2D eigenvalue weighted by atomic mass is 9.91. The van der Waals surface area contributed by atoms with E-state index in [1.807, 2.05) is 4.08 Å². The first-order valence-corrected chi connectivity index (χ1v) is 5.22. The molecule has 1 atom stereocenters. The first-order valence-electron chi connectivity index (χ1n) is 3.98. The van der Waals surface area contributed by atoms with E-state index in [0.717, 1.165) is 5.92 Å². The molecule has 11 heavy (non-hydrogen) atoms. The molecule has 0 saturated carbocycles. The third-order valence-electron chi connectivity index (χ3n) is 2.01. The van der Waals surface area contributed by atoms with Crippen LogP contribution in [0.5, 0.6) is 0 Å². The van der Waals surface area contributed by atoms with Crippen LogP contribution in [0.15, 0.2) is 34.0 Å². The van der Waals surface area contributed by atoms with Crippen molar-refractivity contribution in [2.45, 2.75) is 19.8 Å². The molecule has 1 heteroatoms. The zero-order chi connectivity index (χ0) is 8.10. The molecule has 1 rings (SSSR count).